The Balaban J connectivity index is 1.56. The summed E-state index contributed by atoms with van der Waals surface area (Å²) in [7, 11) is 0. The van der Waals surface area contributed by atoms with Crippen LogP contribution < -0.4 is 4.90 Å². The molecule has 1 aromatic heterocycles. The zero-order valence-electron chi connectivity index (χ0n) is 16.5. The Morgan fingerprint density at radius 3 is 2.61 bits per heavy atom. The molecular formula is C22H27FN4O. The van der Waals surface area contributed by atoms with Gasteiger partial charge >= 0.3 is 0 Å². The number of carbonyl (C=O) groups excluding carboxylic acids is 1. The summed E-state index contributed by atoms with van der Waals surface area (Å²) in [4.78, 5) is 26.1. The Morgan fingerprint density at radius 2 is 1.93 bits per heavy atom. The van der Waals surface area contributed by atoms with E-state index in [4.69, 9.17) is 0 Å². The standard InChI is InChI=1S/C22H27FN4O/c1-15(2)20-13-26(21-11-19(17-5-6-17)24-14-25-21)10-9-22(28)27(20)12-16-3-7-18(23)8-4-16/h3-4,7-8,11,14-15,17,20H,5-6,9-10,12-13H2,1-2H3. The van der Waals surface area contributed by atoms with Crippen molar-refractivity contribution in [1.29, 1.82) is 0 Å². The van der Waals surface area contributed by atoms with Gasteiger partial charge in [0, 0.05) is 43.7 Å². The van der Waals surface area contributed by atoms with Gasteiger partial charge in [0.05, 0.1) is 6.04 Å². The van der Waals surface area contributed by atoms with Gasteiger partial charge in [0.15, 0.2) is 0 Å². The van der Waals surface area contributed by atoms with Crippen molar-refractivity contribution in [3.05, 3.63) is 53.7 Å². The van der Waals surface area contributed by atoms with Gasteiger partial charge in [0.1, 0.15) is 18.0 Å². The number of nitrogens with zero attached hydrogens (tertiary/aromatic N) is 4. The molecule has 5 nitrogen and oxygen atoms in total. The lowest BCUT2D eigenvalue weighted by Crippen LogP contribution is -2.46. The molecule has 1 atom stereocenters. The maximum absolute atomic E-state index is 13.2. The highest BCUT2D eigenvalue weighted by molar-refractivity contribution is 5.78. The Morgan fingerprint density at radius 1 is 1.18 bits per heavy atom. The first-order valence-corrected chi connectivity index (χ1v) is 10.1. The summed E-state index contributed by atoms with van der Waals surface area (Å²) in [6, 6.07) is 8.59. The van der Waals surface area contributed by atoms with E-state index in [0.717, 1.165) is 23.6 Å². The summed E-state index contributed by atoms with van der Waals surface area (Å²) in [6.45, 7) is 6.20. The normalized spacial score (nSPS) is 20.6. The Labute approximate surface area is 165 Å². The van der Waals surface area contributed by atoms with Crippen molar-refractivity contribution in [2.24, 2.45) is 5.92 Å². The molecule has 1 unspecified atom stereocenters. The fraction of sp³-hybridized carbons (Fsp3) is 0.500. The first-order chi connectivity index (χ1) is 13.5. The van der Waals surface area contributed by atoms with Gasteiger partial charge in [-0.1, -0.05) is 26.0 Å². The highest BCUT2D eigenvalue weighted by Gasteiger charge is 2.33. The average molecular weight is 382 g/mol. The summed E-state index contributed by atoms with van der Waals surface area (Å²) in [5.74, 6) is 1.68. The summed E-state index contributed by atoms with van der Waals surface area (Å²) >= 11 is 0. The van der Waals surface area contributed by atoms with Crippen molar-refractivity contribution in [3.63, 3.8) is 0 Å². The van der Waals surface area contributed by atoms with Gasteiger partial charge in [-0.15, -0.1) is 0 Å². The van der Waals surface area contributed by atoms with Crippen LogP contribution in [0.5, 0.6) is 0 Å². The highest BCUT2D eigenvalue weighted by atomic mass is 19.1. The van der Waals surface area contributed by atoms with Gasteiger partial charge in [-0.05, 0) is 36.5 Å². The second-order valence-electron chi connectivity index (χ2n) is 8.23. The van der Waals surface area contributed by atoms with Crippen molar-refractivity contribution in [2.75, 3.05) is 18.0 Å². The quantitative estimate of drug-likeness (QED) is 0.790. The zero-order valence-corrected chi connectivity index (χ0v) is 16.5. The smallest absolute Gasteiger partial charge is 0.224 e. The lowest BCUT2D eigenvalue weighted by Gasteiger charge is -2.35. The molecular weight excluding hydrogens is 355 g/mol. The van der Waals surface area contributed by atoms with Crippen LogP contribution in [-0.4, -0.2) is 39.9 Å². The maximum Gasteiger partial charge on any atom is 0.224 e. The number of halogens is 1. The Kier molecular flexibility index (Phi) is 5.29. The number of anilines is 1. The van der Waals surface area contributed by atoms with Gasteiger partial charge in [-0.3, -0.25) is 4.79 Å². The molecule has 2 heterocycles. The topological polar surface area (TPSA) is 49.3 Å². The third kappa shape index (κ3) is 4.16. The largest absolute Gasteiger partial charge is 0.354 e. The van der Waals surface area contributed by atoms with E-state index in [0.29, 0.717) is 31.3 Å². The molecule has 2 fully saturated rings. The summed E-state index contributed by atoms with van der Waals surface area (Å²) in [6.07, 6.45) is 4.51. The predicted molar refractivity (Wildman–Crippen MR) is 106 cm³/mol. The maximum atomic E-state index is 13.2. The summed E-state index contributed by atoms with van der Waals surface area (Å²) in [5, 5.41) is 0. The van der Waals surface area contributed by atoms with E-state index < -0.39 is 0 Å². The molecule has 0 spiro atoms. The molecule has 1 aliphatic heterocycles. The van der Waals surface area contributed by atoms with Gasteiger partial charge in [-0.2, -0.15) is 0 Å². The molecule has 4 rings (SSSR count). The van der Waals surface area contributed by atoms with Gasteiger partial charge in [0.25, 0.3) is 0 Å². The van der Waals surface area contributed by atoms with Crippen LogP contribution in [0.25, 0.3) is 0 Å². The predicted octanol–water partition coefficient (Wildman–Crippen LogP) is 3.76. The lowest BCUT2D eigenvalue weighted by molar-refractivity contribution is -0.134. The minimum atomic E-state index is -0.257. The fourth-order valence-electron chi connectivity index (χ4n) is 3.88. The Hall–Kier alpha value is -2.50. The molecule has 2 aromatic rings. The van der Waals surface area contributed by atoms with E-state index >= 15 is 0 Å². The van der Waals surface area contributed by atoms with Crippen LogP contribution in [0.15, 0.2) is 36.7 Å². The minimum Gasteiger partial charge on any atom is -0.354 e. The monoisotopic (exact) mass is 382 g/mol. The molecule has 2 aliphatic rings. The van der Waals surface area contributed by atoms with Crippen molar-refractivity contribution in [3.8, 4) is 0 Å². The molecule has 0 bridgehead atoms. The van der Waals surface area contributed by atoms with Crippen molar-refractivity contribution in [2.45, 2.75) is 51.6 Å². The van der Waals surface area contributed by atoms with Crippen molar-refractivity contribution in [1.82, 2.24) is 14.9 Å². The van der Waals surface area contributed by atoms with Crippen LogP contribution in [0.3, 0.4) is 0 Å². The zero-order chi connectivity index (χ0) is 19.7. The van der Waals surface area contributed by atoms with Gasteiger partial charge < -0.3 is 9.80 Å². The fourth-order valence-corrected chi connectivity index (χ4v) is 3.88. The van der Waals surface area contributed by atoms with Crippen LogP contribution in [0, 0.1) is 11.7 Å². The SMILES string of the molecule is CC(C)C1CN(c2cc(C3CC3)ncn2)CCC(=O)N1Cc1ccc(F)cc1. The van der Waals surface area contributed by atoms with Crippen molar-refractivity contribution >= 4 is 11.7 Å². The van der Waals surface area contributed by atoms with E-state index in [2.05, 4.69) is 34.8 Å². The number of rotatable bonds is 5. The molecule has 0 radical (unpaired) electrons. The average Bonchev–Trinajstić information content (AvgIpc) is 3.53. The lowest BCUT2D eigenvalue weighted by atomic mass is 10.0. The first kappa shape index (κ1) is 18.8. The molecule has 0 N–H and O–H groups in total. The number of hydrogen-bond donors (Lipinski definition) is 0. The molecule has 148 valence electrons. The van der Waals surface area contributed by atoms with Crippen LogP contribution >= 0.6 is 0 Å². The third-order valence-corrected chi connectivity index (χ3v) is 5.75. The van der Waals surface area contributed by atoms with E-state index in [1.165, 1.54) is 25.0 Å². The Bertz CT molecular complexity index is 835. The summed E-state index contributed by atoms with van der Waals surface area (Å²) < 4.78 is 13.2. The number of carbonyl (C=O) groups is 1. The van der Waals surface area contributed by atoms with Gasteiger partial charge in [0.2, 0.25) is 5.91 Å². The second-order valence-corrected chi connectivity index (χ2v) is 8.23. The molecule has 1 aromatic carbocycles. The molecule has 28 heavy (non-hydrogen) atoms. The third-order valence-electron chi connectivity index (χ3n) is 5.75. The number of amides is 1. The van der Waals surface area contributed by atoms with E-state index in [1.54, 1.807) is 18.5 Å². The highest BCUT2D eigenvalue weighted by Crippen LogP contribution is 2.39. The molecule has 6 heteroatoms. The number of benzene rings is 1. The van der Waals surface area contributed by atoms with Crippen LogP contribution in [-0.2, 0) is 11.3 Å². The van der Waals surface area contributed by atoms with Crippen LogP contribution in [0.2, 0.25) is 0 Å². The second kappa shape index (κ2) is 7.86. The first-order valence-electron chi connectivity index (χ1n) is 10.1. The molecule has 1 aliphatic carbocycles. The molecule has 1 amide bonds. The number of aromatic nitrogens is 2. The number of hydrogen-bond acceptors (Lipinski definition) is 4. The van der Waals surface area contributed by atoms with Crippen molar-refractivity contribution < 1.29 is 9.18 Å². The minimum absolute atomic E-state index is 0.0689. The van der Waals surface area contributed by atoms with E-state index in [9.17, 15) is 9.18 Å². The molecule has 1 saturated heterocycles. The van der Waals surface area contributed by atoms with Crippen LogP contribution in [0.1, 0.15) is 50.3 Å². The van der Waals surface area contributed by atoms with Crippen LogP contribution in [0.4, 0.5) is 10.2 Å². The van der Waals surface area contributed by atoms with E-state index in [-0.39, 0.29) is 17.8 Å². The van der Waals surface area contributed by atoms with Gasteiger partial charge in [-0.25, -0.2) is 14.4 Å². The molecule has 1 saturated carbocycles. The summed E-state index contributed by atoms with van der Waals surface area (Å²) in [5.41, 5.74) is 2.07. The van der Waals surface area contributed by atoms with E-state index in [1.807, 2.05) is 4.90 Å².